The summed E-state index contributed by atoms with van der Waals surface area (Å²) in [5, 5.41) is 6.15. The van der Waals surface area contributed by atoms with Gasteiger partial charge in [-0.2, -0.15) is 0 Å². The molecule has 0 radical (unpaired) electrons. The number of amides is 2. The van der Waals surface area contributed by atoms with Gasteiger partial charge in [0.2, 0.25) is 11.8 Å². The van der Waals surface area contributed by atoms with Gasteiger partial charge >= 0.3 is 0 Å². The second kappa shape index (κ2) is 10.1. The predicted octanol–water partition coefficient (Wildman–Crippen LogP) is 2.66. The number of methoxy groups -OCH3 is 1. The van der Waals surface area contributed by atoms with Gasteiger partial charge in [0.15, 0.2) is 0 Å². The molecule has 2 aliphatic rings. The van der Waals surface area contributed by atoms with Crippen molar-refractivity contribution in [2.24, 2.45) is 0 Å². The topological polar surface area (TPSA) is 73.9 Å². The zero-order chi connectivity index (χ0) is 22.5. The molecule has 2 aromatic rings. The van der Waals surface area contributed by atoms with E-state index in [4.69, 9.17) is 4.74 Å². The van der Waals surface area contributed by atoms with E-state index < -0.39 is 6.04 Å². The molecular formula is C25H32N4O3. The van der Waals surface area contributed by atoms with E-state index in [9.17, 15) is 9.59 Å². The first-order chi connectivity index (χ1) is 15.5. The third-order valence-electron chi connectivity index (χ3n) is 6.29. The standard InChI is InChI=1S/C25H32N4O3/c1-18(24(30)26-20-8-9-20)28-14-16-29(17-15-28)23(19-6-4-3-5-7-19)25(31)27-21-10-12-22(32-2)13-11-21/h3-7,10-13,18,20,23H,8-9,14-17H2,1-2H3,(H,26,30)(H,27,31)/t18-,23-/m1/s1. The molecule has 4 rings (SSSR count). The lowest BCUT2D eigenvalue weighted by Crippen LogP contribution is -2.55. The molecule has 2 atom stereocenters. The predicted molar refractivity (Wildman–Crippen MR) is 125 cm³/mol. The molecule has 2 N–H and O–H groups in total. The van der Waals surface area contributed by atoms with Crippen molar-refractivity contribution in [1.82, 2.24) is 15.1 Å². The minimum absolute atomic E-state index is 0.0608. The summed E-state index contributed by atoms with van der Waals surface area (Å²) in [5.41, 5.74) is 1.70. The number of hydrogen-bond acceptors (Lipinski definition) is 5. The van der Waals surface area contributed by atoms with Crippen LogP contribution in [0.4, 0.5) is 5.69 Å². The SMILES string of the molecule is COc1ccc(NC(=O)[C@@H](c2ccccc2)N2CCN([C@H](C)C(=O)NC3CC3)CC2)cc1. The number of nitrogens with zero attached hydrogens (tertiary/aromatic N) is 2. The van der Waals surface area contributed by atoms with Crippen LogP contribution in [0.1, 0.15) is 31.4 Å². The second-order valence-electron chi connectivity index (χ2n) is 8.56. The van der Waals surface area contributed by atoms with Crippen molar-refractivity contribution in [2.75, 3.05) is 38.6 Å². The number of rotatable bonds is 8. The fourth-order valence-electron chi connectivity index (χ4n) is 4.15. The molecule has 2 aromatic carbocycles. The van der Waals surface area contributed by atoms with Crippen molar-refractivity contribution >= 4 is 17.5 Å². The molecule has 2 fully saturated rings. The highest BCUT2D eigenvalue weighted by atomic mass is 16.5. The van der Waals surface area contributed by atoms with Gasteiger partial charge in [-0.1, -0.05) is 30.3 Å². The van der Waals surface area contributed by atoms with Crippen LogP contribution in [0.25, 0.3) is 0 Å². The summed E-state index contributed by atoms with van der Waals surface area (Å²) in [4.78, 5) is 30.2. The molecule has 0 unspecified atom stereocenters. The molecule has 7 nitrogen and oxygen atoms in total. The molecule has 32 heavy (non-hydrogen) atoms. The lowest BCUT2D eigenvalue weighted by molar-refractivity contribution is -0.128. The summed E-state index contributed by atoms with van der Waals surface area (Å²) in [6.45, 7) is 4.91. The van der Waals surface area contributed by atoms with Gasteiger partial charge in [0.05, 0.1) is 13.2 Å². The van der Waals surface area contributed by atoms with E-state index in [2.05, 4.69) is 20.4 Å². The number of nitrogens with one attached hydrogen (secondary N) is 2. The Morgan fingerprint density at radius 3 is 2.12 bits per heavy atom. The summed E-state index contributed by atoms with van der Waals surface area (Å²) < 4.78 is 5.20. The third-order valence-corrected chi connectivity index (χ3v) is 6.29. The van der Waals surface area contributed by atoms with Crippen LogP contribution in [-0.2, 0) is 9.59 Å². The minimum Gasteiger partial charge on any atom is -0.497 e. The number of carbonyl (C=O) groups excluding carboxylic acids is 2. The lowest BCUT2D eigenvalue weighted by Gasteiger charge is -2.40. The van der Waals surface area contributed by atoms with Gasteiger partial charge in [0.25, 0.3) is 0 Å². The number of piperazine rings is 1. The summed E-state index contributed by atoms with van der Waals surface area (Å²) >= 11 is 0. The Labute approximate surface area is 189 Å². The molecule has 7 heteroatoms. The quantitative estimate of drug-likeness (QED) is 0.666. The van der Waals surface area contributed by atoms with Crippen LogP contribution in [-0.4, -0.2) is 67.0 Å². The zero-order valence-electron chi connectivity index (χ0n) is 18.8. The Bertz CT molecular complexity index is 907. The second-order valence-corrected chi connectivity index (χ2v) is 8.56. The Balaban J connectivity index is 1.42. The highest BCUT2D eigenvalue weighted by Gasteiger charge is 2.34. The summed E-state index contributed by atoms with van der Waals surface area (Å²) in [5.74, 6) is 0.797. The van der Waals surface area contributed by atoms with Crippen molar-refractivity contribution < 1.29 is 14.3 Å². The van der Waals surface area contributed by atoms with Crippen molar-refractivity contribution in [3.05, 3.63) is 60.2 Å². The maximum absolute atomic E-state index is 13.4. The molecule has 1 saturated heterocycles. The smallest absolute Gasteiger partial charge is 0.246 e. The highest BCUT2D eigenvalue weighted by Crippen LogP contribution is 2.26. The Kier molecular flexibility index (Phi) is 7.07. The van der Waals surface area contributed by atoms with Crippen molar-refractivity contribution in [2.45, 2.75) is 37.9 Å². The number of carbonyl (C=O) groups is 2. The molecule has 0 bridgehead atoms. The fourth-order valence-corrected chi connectivity index (χ4v) is 4.15. The first-order valence-corrected chi connectivity index (χ1v) is 11.3. The number of ether oxygens (including phenoxy) is 1. The Morgan fingerprint density at radius 2 is 1.53 bits per heavy atom. The Hall–Kier alpha value is -2.90. The van der Waals surface area contributed by atoms with Crippen LogP contribution in [0.2, 0.25) is 0 Å². The van der Waals surface area contributed by atoms with E-state index in [1.807, 2.05) is 61.5 Å². The van der Waals surface area contributed by atoms with Gasteiger partial charge in [-0.25, -0.2) is 0 Å². The van der Waals surface area contributed by atoms with Gasteiger partial charge < -0.3 is 15.4 Å². The van der Waals surface area contributed by atoms with Gasteiger partial charge in [0.1, 0.15) is 11.8 Å². The maximum atomic E-state index is 13.4. The normalized spacial score (nSPS) is 19.1. The maximum Gasteiger partial charge on any atom is 0.246 e. The largest absolute Gasteiger partial charge is 0.497 e. The molecule has 1 saturated carbocycles. The average Bonchev–Trinajstić information content (AvgIpc) is 3.64. The van der Waals surface area contributed by atoms with E-state index in [1.165, 1.54) is 0 Å². The van der Waals surface area contributed by atoms with E-state index in [-0.39, 0.29) is 17.9 Å². The summed E-state index contributed by atoms with van der Waals surface area (Å²) in [6, 6.07) is 17.1. The first kappa shape index (κ1) is 22.3. The van der Waals surface area contributed by atoms with Crippen LogP contribution in [0.3, 0.4) is 0 Å². The van der Waals surface area contributed by atoms with E-state index >= 15 is 0 Å². The van der Waals surface area contributed by atoms with Crippen LogP contribution in [0.5, 0.6) is 5.75 Å². The molecule has 0 spiro atoms. The van der Waals surface area contributed by atoms with Crippen molar-refractivity contribution in [1.29, 1.82) is 0 Å². The molecule has 0 aromatic heterocycles. The molecule has 170 valence electrons. The number of hydrogen-bond donors (Lipinski definition) is 2. The zero-order valence-corrected chi connectivity index (χ0v) is 18.8. The van der Waals surface area contributed by atoms with Crippen LogP contribution in [0, 0.1) is 0 Å². The third kappa shape index (κ3) is 5.47. The van der Waals surface area contributed by atoms with Crippen molar-refractivity contribution in [3.8, 4) is 5.75 Å². The van der Waals surface area contributed by atoms with Gasteiger partial charge in [-0.05, 0) is 49.6 Å². The number of anilines is 1. The number of benzene rings is 2. The molecule has 2 amide bonds. The molecule has 1 aliphatic carbocycles. The monoisotopic (exact) mass is 436 g/mol. The molecule has 1 aliphatic heterocycles. The van der Waals surface area contributed by atoms with Crippen molar-refractivity contribution in [3.63, 3.8) is 0 Å². The van der Waals surface area contributed by atoms with E-state index in [0.29, 0.717) is 6.04 Å². The molecule has 1 heterocycles. The van der Waals surface area contributed by atoms with Crippen LogP contribution < -0.4 is 15.4 Å². The van der Waals surface area contributed by atoms with E-state index in [0.717, 1.165) is 56.0 Å². The van der Waals surface area contributed by atoms with E-state index in [1.54, 1.807) is 7.11 Å². The fraction of sp³-hybridized carbons (Fsp3) is 0.440. The van der Waals surface area contributed by atoms with Gasteiger partial charge in [-0.15, -0.1) is 0 Å². The molecular weight excluding hydrogens is 404 g/mol. The van der Waals surface area contributed by atoms with Crippen LogP contribution >= 0.6 is 0 Å². The minimum atomic E-state index is -0.393. The lowest BCUT2D eigenvalue weighted by atomic mass is 10.0. The summed E-state index contributed by atoms with van der Waals surface area (Å²) in [6.07, 6.45) is 2.18. The first-order valence-electron chi connectivity index (χ1n) is 11.3. The van der Waals surface area contributed by atoms with Crippen LogP contribution in [0.15, 0.2) is 54.6 Å². The average molecular weight is 437 g/mol. The van der Waals surface area contributed by atoms with Gasteiger partial charge in [0, 0.05) is 37.9 Å². The van der Waals surface area contributed by atoms with Gasteiger partial charge in [-0.3, -0.25) is 19.4 Å². The Morgan fingerprint density at radius 1 is 0.906 bits per heavy atom. The summed E-state index contributed by atoms with van der Waals surface area (Å²) in [7, 11) is 1.62. The highest BCUT2D eigenvalue weighted by molar-refractivity contribution is 5.95.